The maximum atomic E-state index is 5.67. The molecular formula is C9H14ClN. The van der Waals surface area contributed by atoms with Gasteiger partial charge in [0.15, 0.2) is 0 Å². The van der Waals surface area contributed by atoms with E-state index in [1.807, 2.05) is 32.9 Å². The van der Waals surface area contributed by atoms with Crippen LogP contribution >= 0.6 is 11.6 Å². The minimum atomic E-state index is 0.701. The average Bonchev–Trinajstić information content (AvgIpc) is 1.88. The first-order chi connectivity index (χ1) is 5.18. The van der Waals surface area contributed by atoms with Crippen LogP contribution in [0.15, 0.2) is 18.2 Å². The Kier molecular flexibility index (Phi) is 4.71. The molecular weight excluding hydrogens is 158 g/mol. The number of nitrogens with two attached hydrogens (primary N) is 1. The van der Waals surface area contributed by atoms with Gasteiger partial charge in [0.1, 0.15) is 0 Å². The summed E-state index contributed by atoms with van der Waals surface area (Å²) in [6.07, 6.45) is 0. The highest BCUT2D eigenvalue weighted by Crippen LogP contribution is 2.14. The predicted molar refractivity (Wildman–Crippen MR) is 51.9 cm³/mol. The van der Waals surface area contributed by atoms with Gasteiger partial charge in [-0.3, -0.25) is 0 Å². The fourth-order valence-corrected chi connectivity index (χ4v) is 1.06. The quantitative estimate of drug-likeness (QED) is 0.596. The molecule has 2 N–H and O–H groups in total. The van der Waals surface area contributed by atoms with Crippen molar-refractivity contribution in [2.24, 2.45) is 0 Å². The Bertz CT molecular complexity index is 170. The van der Waals surface area contributed by atoms with Gasteiger partial charge in [0.05, 0.1) is 0 Å². The molecule has 0 unspecified atom stereocenters. The summed E-state index contributed by atoms with van der Waals surface area (Å²) in [6.45, 7) is 5.96. The van der Waals surface area contributed by atoms with Crippen LogP contribution in [0.1, 0.15) is 19.4 Å². The Morgan fingerprint density at radius 3 is 2.09 bits per heavy atom. The van der Waals surface area contributed by atoms with Gasteiger partial charge < -0.3 is 5.73 Å². The number of halogens is 1. The lowest BCUT2D eigenvalue weighted by Gasteiger charge is -1.95. The monoisotopic (exact) mass is 171 g/mol. The molecule has 1 rings (SSSR count). The van der Waals surface area contributed by atoms with E-state index >= 15 is 0 Å². The third kappa shape index (κ3) is 3.89. The van der Waals surface area contributed by atoms with Crippen molar-refractivity contribution in [2.45, 2.75) is 20.8 Å². The summed E-state index contributed by atoms with van der Waals surface area (Å²) in [5, 5.41) is 0.701. The van der Waals surface area contributed by atoms with Gasteiger partial charge in [-0.1, -0.05) is 25.4 Å². The van der Waals surface area contributed by atoms with E-state index in [1.165, 1.54) is 0 Å². The summed E-state index contributed by atoms with van der Waals surface area (Å²) in [5.74, 6) is 0. The zero-order valence-corrected chi connectivity index (χ0v) is 7.94. The summed E-state index contributed by atoms with van der Waals surface area (Å²) in [5.41, 5.74) is 7.29. The molecule has 0 aliphatic rings. The van der Waals surface area contributed by atoms with Crippen molar-refractivity contribution < 1.29 is 0 Å². The molecule has 0 radical (unpaired) electrons. The van der Waals surface area contributed by atoms with Crippen LogP contribution in [0.5, 0.6) is 0 Å². The SMILES string of the molecule is CC.Cc1cc(N)cc(Cl)c1. The first-order valence-corrected chi connectivity index (χ1v) is 4.09. The highest BCUT2D eigenvalue weighted by atomic mass is 35.5. The van der Waals surface area contributed by atoms with Gasteiger partial charge in [-0.15, -0.1) is 0 Å². The van der Waals surface area contributed by atoms with Gasteiger partial charge in [0.2, 0.25) is 0 Å². The zero-order chi connectivity index (χ0) is 8.85. The number of aryl methyl sites for hydroxylation is 1. The van der Waals surface area contributed by atoms with Gasteiger partial charge in [0.25, 0.3) is 0 Å². The van der Waals surface area contributed by atoms with Crippen LogP contribution in [-0.4, -0.2) is 0 Å². The third-order valence-electron chi connectivity index (χ3n) is 1.06. The molecule has 0 aliphatic heterocycles. The van der Waals surface area contributed by atoms with E-state index in [9.17, 15) is 0 Å². The van der Waals surface area contributed by atoms with Crippen molar-refractivity contribution in [3.8, 4) is 0 Å². The summed E-state index contributed by atoms with van der Waals surface area (Å²) < 4.78 is 0. The molecule has 0 amide bonds. The van der Waals surface area contributed by atoms with Gasteiger partial charge in [0, 0.05) is 10.7 Å². The number of nitrogen functional groups attached to an aromatic ring is 1. The van der Waals surface area contributed by atoms with Crippen molar-refractivity contribution >= 4 is 17.3 Å². The molecule has 0 saturated carbocycles. The van der Waals surface area contributed by atoms with Gasteiger partial charge in [-0.05, 0) is 30.7 Å². The summed E-state index contributed by atoms with van der Waals surface area (Å²) in [4.78, 5) is 0. The Balaban J connectivity index is 0.000000461. The molecule has 62 valence electrons. The number of rotatable bonds is 0. The van der Waals surface area contributed by atoms with E-state index in [1.54, 1.807) is 6.07 Å². The molecule has 0 bridgehead atoms. The summed E-state index contributed by atoms with van der Waals surface area (Å²) in [7, 11) is 0. The Morgan fingerprint density at radius 2 is 1.73 bits per heavy atom. The van der Waals surface area contributed by atoms with E-state index in [0.717, 1.165) is 11.3 Å². The molecule has 0 fully saturated rings. The lowest BCUT2D eigenvalue weighted by Crippen LogP contribution is -1.84. The van der Waals surface area contributed by atoms with E-state index in [-0.39, 0.29) is 0 Å². The Labute approximate surface area is 73.2 Å². The highest BCUT2D eigenvalue weighted by molar-refractivity contribution is 6.30. The molecule has 1 aromatic carbocycles. The molecule has 1 nitrogen and oxygen atoms in total. The molecule has 0 aromatic heterocycles. The molecule has 0 atom stereocenters. The normalized spacial score (nSPS) is 8.36. The van der Waals surface area contributed by atoms with Crippen LogP contribution < -0.4 is 5.73 Å². The maximum Gasteiger partial charge on any atom is 0.0429 e. The van der Waals surface area contributed by atoms with Crippen molar-refractivity contribution in [3.63, 3.8) is 0 Å². The zero-order valence-electron chi connectivity index (χ0n) is 7.19. The van der Waals surface area contributed by atoms with Crippen molar-refractivity contribution in [3.05, 3.63) is 28.8 Å². The average molecular weight is 172 g/mol. The van der Waals surface area contributed by atoms with Crippen molar-refractivity contribution in [1.29, 1.82) is 0 Å². The summed E-state index contributed by atoms with van der Waals surface area (Å²) in [6, 6.07) is 5.48. The molecule has 0 spiro atoms. The van der Waals surface area contributed by atoms with E-state index in [2.05, 4.69) is 0 Å². The second-order valence-corrected chi connectivity index (χ2v) is 2.50. The minimum Gasteiger partial charge on any atom is -0.399 e. The molecule has 0 saturated heterocycles. The number of anilines is 1. The van der Waals surface area contributed by atoms with Crippen molar-refractivity contribution in [1.82, 2.24) is 0 Å². The van der Waals surface area contributed by atoms with Crippen LogP contribution in [0.4, 0.5) is 5.69 Å². The van der Waals surface area contributed by atoms with Crippen LogP contribution in [0, 0.1) is 6.92 Å². The van der Waals surface area contributed by atoms with Crippen LogP contribution in [-0.2, 0) is 0 Å². The standard InChI is InChI=1S/C7H8ClN.C2H6/c1-5-2-6(8)4-7(9)3-5;1-2/h2-4H,9H2,1H3;1-2H3. The topological polar surface area (TPSA) is 26.0 Å². The summed E-state index contributed by atoms with van der Waals surface area (Å²) >= 11 is 5.67. The van der Waals surface area contributed by atoms with E-state index < -0.39 is 0 Å². The fraction of sp³-hybridized carbons (Fsp3) is 0.333. The van der Waals surface area contributed by atoms with Crippen LogP contribution in [0.3, 0.4) is 0 Å². The molecule has 0 aliphatic carbocycles. The number of hydrogen-bond donors (Lipinski definition) is 1. The van der Waals surface area contributed by atoms with E-state index in [4.69, 9.17) is 17.3 Å². The molecule has 11 heavy (non-hydrogen) atoms. The van der Waals surface area contributed by atoms with Crippen molar-refractivity contribution in [2.75, 3.05) is 5.73 Å². The highest BCUT2D eigenvalue weighted by Gasteiger charge is 1.89. The molecule has 0 heterocycles. The predicted octanol–water partition coefficient (Wildman–Crippen LogP) is 3.26. The second-order valence-electron chi connectivity index (χ2n) is 2.06. The van der Waals surface area contributed by atoms with Gasteiger partial charge >= 0.3 is 0 Å². The Hall–Kier alpha value is -0.690. The first-order valence-electron chi connectivity index (χ1n) is 3.71. The third-order valence-corrected chi connectivity index (χ3v) is 1.28. The number of benzene rings is 1. The van der Waals surface area contributed by atoms with Gasteiger partial charge in [-0.25, -0.2) is 0 Å². The lowest BCUT2D eigenvalue weighted by atomic mass is 10.2. The number of hydrogen-bond acceptors (Lipinski definition) is 1. The molecule has 1 aromatic rings. The van der Waals surface area contributed by atoms with Crippen LogP contribution in [0.2, 0.25) is 5.02 Å². The Morgan fingerprint density at radius 1 is 1.18 bits per heavy atom. The fourth-order valence-electron chi connectivity index (χ4n) is 0.765. The maximum absolute atomic E-state index is 5.67. The molecule has 2 heteroatoms. The largest absolute Gasteiger partial charge is 0.399 e. The second kappa shape index (κ2) is 5.03. The van der Waals surface area contributed by atoms with Gasteiger partial charge in [-0.2, -0.15) is 0 Å². The first kappa shape index (κ1) is 10.3. The smallest absolute Gasteiger partial charge is 0.0429 e. The van der Waals surface area contributed by atoms with E-state index in [0.29, 0.717) is 5.02 Å². The van der Waals surface area contributed by atoms with Crippen LogP contribution in [0.25, 0.3) is 0 Å². The minimum absolute atomic E-state index is 0.701. The lowest BCUT2D eigenvalue weighted by molar-refractivity contribution is 1.47.